The van der Waals surface area contributed by atoms with Gasteiger partial charge in [0.15, 0.2) is 25.0 Å². The molecular weight excluding hydrogens is 657 g/mol. The molecule has 45 heavy (non-hydrogen) atoms. The van der Waals surface area contributed by atoms with Gasteiger partial charge in [-0.05, 0) is 99.9 Å². The van der Waals surface area contributed by atoms with Gasteiger partial charge in [-0.15, -0.1) is 0 Å². The smallest absolute Gasteiger partial charge is 0.257 e. The molecule has 5 nitrogen and oxygen atoms in total. The van der Waals surface area contributed by atoms with Gasteiger partial charge in [-0.3, -0.25) is 0 Å². The predicted molar refractivity (Wildman–Crippen MR) is 211 cm³/mol. The van der Waals surface area contributed by atoms with Crippen molar-refractivity contribution in [1.29, 1.82) is 0 Å². The highest BCUT2D eigenvalue weighted by Gasteiger charge is 2.40. The standard InChI is InChI=1S/C34H66O5Si6/c1-40(2,3)29-25-35-42(7,8)28-19-24-38-45(33-20-15-13-16-21-33,34-22-17-14-18-23-34)31-27-36-43(9,10)30-26-37-44(11,12)32-39-41(4,5)6/h13-18,20-23H,19,24-32H2,1-12H3. The van der Waals surface area contributed by atoms with E-state index in [9.17, 15) is 0 Å². The molecule has 0 atom stereocenters. The van der Waals surface area contributed by atoms with Gasteiger partial charge < -0.3 is 22.1 Å². The summed E-state index contributed by atoms with van der Waals surface area (Å²) in [6.45, 7) is 31.0. The van der Waals surface area contributed by atoms with Crippen LogP contribution in [0.25, 0.3) is 0 Å². The van der Waals surface area contributed by atoms with Crippen LogP contribution in [0.5, 0.6) is 0 Å². The minimum Gasteiger partial charge on any atom is -0.418 e. The molecule has 0 unspecified atom stereocenters. The zero-order chi connectivity index (χ0) is 33.8. The zero-order valence-electron chi connectivity index (χ0n) is 30.9. The largest absolute Gasteiger partial charge is 0.418 e. The maximum Gasteiger partial charge on any atom is 0.257 e. The minimum atomic E-state index is -2.54. The minimum absolute atomic E-state index is 0.703. The summed E-state index contributed by atoms with van der Waals surface area (Å²) < 4.78 is 33.1. The second kappa shape index (κ2) is 17.8. The Morgan fingerprint density at radius 2 is 0.867 bits per heavy atom. The SMILES string of the molecule is C[Si](C)(C)CCO[Si](C)(C)CCCO[Si](CCO[Si](C)(C)CCO[Si](C)(C)CO[Si](C)(C)C)(c1ccccc1)c1ccccc1. The van der Waals surface area contributed by atoms with Gasteiger partial charge in [-0.25, -0.2) is 0 Å². The normalized spacial score (nSPS) is 13.8. The summed E-state index contributed by atoms with van der Waals surface area (Å²) in [5.74, 6) is 0. The molecule has 0 saturated carbocycles. The van der Waals surface area contributed by atoms with Gasteiger partial charge >= 0.3 is 0 Å². The topological polar surface area (TPSA) is 46.2 Å². The quantitative estimate of drug-likeness (QED) is 0.0901. The van der Waals surface area contributed by atoms with E-state index in [0.29, 0.717) is 6.61 Å². The van der Waals surface area contributed by atoms with Crippen LogP contribution < -0.4 is 10.4 Å². The van der Waals surface area contributed by atoms with E-state index in [-0.39, 0.29) is 0 Å². The van der Waals surface area contributed by atoms with Gasteiger partial charge in [0.05, 0.1) is 6.23 Å². The number of rotatable bonds is 22. The second-order valence-corrected chi connectivity index (χ2v) is 43.0. The Kier molecular flexibility index (Phi) is 16.1. The van der Waals surface area contributed by atoms with Crippen molar-refractivity contribution in [3.63, 3.8) is 0 Å². The first-order valence-corrected chi connectivity index (χ1v) is 35.6. The zero-order valence-corrected chi connectivity index (χ0v) is 36.9. The van der Waals surface area contributed by atoms with Crippen LogP contribution in [-0.4, -0.2) is 82.3 Å². The molecule has 0 radical (unpaired) electrons. The van der Waals surface area contributed by atoms with E-state index in [4.69, 9.17) is 22.1 Å². The van der Waals surface area contributed by atoms with Gasteiger partial charge in [-0.2, -0.15) is 0 Å². The maximum absolute atomic E-state index is 7.17. The van der Waals surface area contributed by atoms with E-state index < -0.39 is 49.7 Å². The molecule has 2 rings (SSSR count). The lowest BCUT2D eigenvalue weighted by molar-refractivity contribution is 0.264. The highest BCUT2D eigenvalue weighted by molar-refractivity contribution is 6.97. The third-order valence-electron chi connectivity index (χ3n) is 8.09. The Morgan fingerprint density at radius 3 is 1.36 bits per heavy atom. The van der Waals surface area contributed by atoms with Crippen LogP contribution in [0.3, 0.4) is 0 Å². The average molecular weight is 723 g/mol. The summed E-state index contributed by atoms with van der Waals surface area (Å²) in [6, 6.07) is 26.1. The summed E-state index contributed by atoms with van der Waals surface area (Å²) in [5.41, 5.74) is 0. The van der Waals surface area contributed by atoms with Crippen LogP contribution >= 0.6 is 0 Å². The van der Waals surface area contributed by atoms with Crippen LogP contribution in [0.1, 0.15) is 6.42 Å². The van der Waals surface area contributed by atoms with Crippen LogP contribution in [0, 0.1) is 0 Å². The molecule has 0 bridgehead atoms. The lowest BCUT2D eigenvalue weighted by atomic mass is 10.4. The van der Waals surface area contributed by atoms with Crippen molar-refractivity contribution in [2.75, 3.05) is 32.7 Å². The lowest BCUT2D eigenvalue weighted by Gasteiger charge is -2.34. The summed E-state index contributed by atoms with van der Waals surface area (Å²) in [5, 5.41) is 2.64. The summed E-state index contributed by atoms with van der Waals surface area (Å²) in [4.78, 5) is 0. The third kappa shape index (κ3) is 16.5. The molecule has 2 aromatic rings. The van der Waals surface area contributed by atoms with Crippen molar-refractivity contribution in [1.82, 2.24) is 0 Å². The van der Waals surface area contributed by atoms with E-state index in [1.807, 2.05) is 0 Å². The summed E-state index contributed by atoms with van der Waals surface area (Å²) in [6.07, 6.45) is 1.80. The van der Waals surface area contributed by atoms with Gasteiger partial charge in [0.25, 0.3) is 8.32 Å². The van der Waals surface area contributed by atoms with Gasteiger partial charge in [0.1, 0.15) is 0 Å². The third-order valence-corrected chi connectivity index (χ3v) is 22.0. The molecule has 0 N–H and O–H groups in total. The van der Waals surface area contributed by atoms with E-state index in [1.54, 1.807) is 0 Å². The second-order valence-electron chi connectivity index (χ2n) is 16.5. The van der Waals surface area contributed by atoms with Crippen molar-refractivity contribution in [2.45, 2.75) is 109 Å². The summed E-state index contributed by atoms with van der Waals surface area (Å²) >= 11 is 0. The molecule has 256 valence electrons. The van der Waals surface area contributed by atoms with E-state index in [1.165, 1.54) is 16.4 Å². The molecule has 0 aliphatic heterocycles. The molecule has 11 heteroatoms. The molecule has 0 amide bonds. The Hall–Kier alpha value is -0.459. The number of hydrogen-bond acceptors (Lipinski definition) is 5. The van der Waals surface area contributed by atoms with Crippen LogP contribution in [0.15, 0.2) is 60.7 Å². The van der Waals surface area contributed by atoms with Crippen molar-refractivity contribution in [3.8, 4) is 0 Å². The molecule has 0 fully saturated rings. The van der Waals surface area contributed by atoms with E-state index in [2.05, 4.69) is 139 Å². The number of benzene rings is 2. The van der Waals surface area contributed by atoms with E-state index in [0.717, 1.165) is 50.6 Å². The molecule has 0 aromatic heterocycles. The van der Waals surface area contributed by atoms with Crippen molar-refractivity contribution in [3.05, 3.63) is 60.7 Å². The maximum atomic E-state index is 7.17. The van der Waals surface area contributed by atoms with Gasteiger partial charge in [0, 0.05) is 34.5 Å². The molecule has 0 saturated heterocycles. The Morgan fingerprint density at radius 1 is 0.422 bits per heavy atom. The first-order chi connectivity index (χ1) is 20.7. The van der Waals surface area contributed by atoms with Crippen LogP contribution in [0.4, 0.5) is 0 Å². The summed E-state index contributed by atoms with van der Waals surface area (Å²) in [7, 11) is -10.7. The van der Waals surface area contributed by atoms with Gasteiger partial charge in [-0.1, -0.05) is 80.3 Å². The average Bonchev–Trinajstić information content (AvgIpc) is 2.93. The van der Waals surface area contributed by atoms with Crippen LogP contribution in [0.2, 0.25) is 103 Å². The Balaban J connectivity index is 2.09. The first kappa shape index (κ1) is 40.7. The highest BCUT2D eigenvalue weighted by atomic mass is 28.4. The Bertz CT molecular complexity index is 1060. The number of hydrogen-bond donors (Lipinski definition) is 0. The van der Waals surface area contributed by atoms with Crippen LogP contribution in [-0.2, 0) is 22.1 Å². The van der Waals surface area contributed by atoms with Gasteiger partial charge in [0.2, 0.25) is 8.32 Å². The first-order valence-electron chi connectivity index (χ1n) is 17.1. The Labute approximate surface area is 283 Å². The highest BCUT2D eigenvalue weighted by Crippen LogP contribution is 2.22. The van der Waals surface area contributed by atoms with Crippen molar-refractivity contribution < 1.29 is 22.1 Å². The molecule has 0 heterocycles. The van der Waals surface area contributed by atoms with E-state index >= 15 is 0 Å². The van der Waals surface area contributed by atoms with Crippen molar-refractivity contribution in [2.24, 2.45) is 0 Å². The fourth-order valence-corrected chi connectivity index (χ4v) is 17.2. The molecule has 0 spiro atoms. The molecule has 0 aliphatic rings. The molecule has 2 aromatic carbocycles. The molecule has 0 aliphatic carbocycles. The predicted octanol–water partition coefficient (Wildman–Crippen LogP) is 8.55. The fraction of sp³-hybridized carbons (Fsp3) is 0.647. The fourth-order valence-electron chi connectivity index (χ4n) is 5.11. The lowest BCUT2D eigenvalue weighted by Crippen LogP contribution is -2.61. The monoisotopic (exact) mass is 722 g/mol. The molecular formula is C34H66O5Si6. The van der Waals surface area contributed by atoms with Crippen molar-refractivity contribution >= 4 is 60.0 Å².